The molecule has 1 aromatic rings. The molecule has 0 spiro atoms. The summed E-state index contributed by atoms with van der Waals surface area (Å²) >= 11 is 0. The van der Waals surface area contributed by atoms with E-state index in [2.05, 4.69) is 14.7 Å². The number of nitrogens with zero attached hydrogens (tertiary/aromatic N) is 2. The normalized spacial score (nSPS) is 13.7. The van der Waals surface area contributed by atoms with E-state index in [4.69, 9.17) is 0 Å². The van der Waals surface area contributed by atoms with Crippen LogP contribution in [0.1, 0.15) is 19.5 Å². The summed E-state index contributed by atoms with van der Waals surface area (Å²) in [5.41, 5.74) is 2.01. The summed E-state index contributed by atoms with van der Waals surface area (Å²) in [7, 11) is 0. The molecule has 0 radical (unpaired) electrons. The third-order valence-corrected chi connectivity index (χ3v) is 1.41. The van der Waals surface area contributed by atoms with Crippen LogP contribution in [0.15, 0.2) is 27.9 Å². The second-order valence-electron chi connectivity index (χ2n) is 2.07. The van der Waals surface area contributed by atoms with Crippen LogP contribution in [0.3, 0.4) is 0 Å². The SMILES string of the molecule is C1=NCC(c2ccon2)=C1.CC. The zero-order valence-electron chi connectivity index (χ0n) is 7.32. The van der Waals surface area contributed by atoms with Crippen molar-refractivity contribution >= 4 is 11.8 Å². The molecule has 1 aliphatic rings. The summed E-state index contributed by atoms with van der Waals surface area (Å²) in [4.78, 5) is 4.02. The van der Waals surface area contributed by atoms with E-state index in [1.165, 1.54) is 0 Å². The molecule has 2 heterocycles. The fraction of sp³-hybridized carbons (Fsp3) is 0.333. The molecule has 0 bridgehead atoms. The number of aromatic nitrogens is 1. The maximum Gasteiger partial charge on any atom is 0.124 e. The Labute approximate surface area is 71.8 Å². The Morgan fingerprint density at radius 3 is 2.75 bits per heavy atom. The Kier molecular flexibility index (Phi) is 3.26. The third kappa shape index (κ3) is 1.81. The van der Waals surface area contributed by atoms with Crippen LogP contribution in [0.25, 0.3) is 5.57 Å². The predicted molar refractivity (Wildman–Crippen MR) is 49.2 cm³/mol. The van der Waals surface area contributed by atoms with E-state index in [9.17, 15) is 0 Å². The Bertz CT molecular complexity index is 273. The summed E-state index contributed by atoms with van der Waals surface area (Å²) in [6.07, 6.45) is 5.29. The lowest BCUT2D eigenvalue weighted by Gasteiger charge is -1.89. The second-order valence-corrected chi connectivity index (χ2v) is 2.07. The van der Waals surface area contributed by atoms with Crippen LogP contribution in [0, 0.1) is 0 Å². The van der Waals surface area contributed by atoms with Crippen LogP contribution in [-0.2, 0) is 0 Å². The molecule has 0 amide bonds. The van der Waals surface area contributed by atoms with Crippen LogP contribution in [-0.4, -0.2) is 17.9 Å². The molecule has 1 aromatic heterocycles. The summed E-state index contributed by atoms with van der Waals surface area (Å²) in [5, 5.41) is 3.77. The molecule has 3 nitrogen and oxygen atoms in total. The van der Waals surface area contributed by atoms with Crippen molar-refractivity contribution in [3.05, 3.63) is 24.1 Å². The lowest BCUT2D eigenvalue weighted by atomic mass is 10.2. The number of allylic oxidation sites excluding steroid dienone is 1. The molecule has 0 aliphatic carbocycles. The van der Waals surface area contributed by atoms with Crippen LogP contribution >= 0.6 is 0 Å². The fourth-order valence-corrected chi connectivity index (χ4v) is 0.891. The smallest absolute Gasteiger partial charge is 0.124 e. The molecule has 0 saturated carbocycles. The van der Waals surface area contributed by atoms with Crippen molar-refractivity contribution in [2.45, 2.75) is 13.8 Å². The van der Waals surface area contributed by atoms with E-state index in [1.807, 2.05) is 26.0 Å². The molecule has 0 N–H and O–H groups in total. The van der Waals surface area contributed by atoms with Crippen LogP contribution in [0.2, 0.25) is 0 Å². The molecule has 3 heteroatoms. The van der Waals surface area contributed by atoms with E-state index < -0.39 is 0 Å². The van der Waals surface area contributed by atoms with Crippen molar-refractivity contribution in [2.24, 2.45) is 4.99 Å². The topological polar surface area (TPSA) is 38.4 Å². The summed E-state index contributed by atoms with van der Waals surface area (Å²) in [6, 6.07) is 1.83. The molecule has 64 valence electrons. The maximum atomic E-state index is 4.68. The predicted octanol–water partition coefficient (Wildman–Crippen LogP) is 2.17. The Morgan fingerprint density at radius 1 is 1.42 bits per heavy atom. The van der Waals surface area contributed by atoms with E-state index in [0.717, 1.165) is 17.8 Å². The summed E-state index contributed by atoms with van der Waals surface area (Å²) in [6.45, 7) is 4.73. The zero-order valence-corrected chi connectivity index (χ0v) is 7.32. The summed E-state index contributed by atoms with van der Waals surface area (Å²) < 4.78 is 4.68. The van der Waals surface area contributed by atoms with Gasteiger partial charge in [-0.25, -0.2) is 0 Å². The fourth-order valence-electron chi connectivity index (χ4n) is 0.891. The van der Waals surface area contributed by atoms with Gasteiger partial charge < -0.3 is 4.52 Å². The third-order valence-electron chi connectivity index (χ3n) is 1.41. The first-order chi connectivity index (χ1) is 5.97. The Balaban J connectivity index is 0.000000336. The van der Waals surface area contributed by atoms with Crippen molar-refractivity contribution in [1.82, 2.24) is 5.16 Å². The number of aliphatic imine (C=N–C) groups is 1. The number of hydrogen-bond acceptors (Lipinski definition) is 3. The Morgan fingerprint density at radius 2 is 2.25 bits per heavy atom. The molecule has 1 aliphatic heterocycles. The monoisotopic (exact) mass is 164 g/mol. The van der Waals surface area contributed by atoms with Gasteiger partial charge in [0.2, 0.25) is 0 Å². The van der Waals surface area contributed by atoms with Gasteiger partial charge in [0.05, 0.1) is 6.54 Å². The van der Waals surface area contributed by atoms with Crippen molar-refractivity contribution < 1.29 is 4.52 Å². The van der Waals surface area contributed by atoms with Gasteiger partial charge in [-0.3, -0.25) is 4.99 Å². The van der Waals surface area contributed by atoms with Gasteiger partial charge in [0.1, 0.15) is 12.0 Å². The van der Waals surface area contributed by atoms with E-state index in [-0.39, 0.29) is 0 Å². The maximum absolute atomic E-state index is 4.68. The van der Waals surface area contributed by atoms with Crippen LogP contribution in [0.4, 0.5) is 0 Å². The highest BCUT2D eigenvalue weighted by atomic mass is 16.5. The lowest BCUT2D eigenvalue weighted by Crippen LogP contribution is -1.83. The number of rotatable bonds is 1. The highest BCUT2D eigenvalue weighted by molar-refractivity contribution is 5.88. The van der Waals surface area contributed by atoms with Crippen molar-refractivity contribution in [3.8, 4) is 0 Å². The van der Waals surface area contributed by atoms with Gasteiger partial charge in [0.25, 0.3) is 0 Å². The molecule has 0 unspecified atom stereocenters. The molecule has 12 heavy (non-hydrogen) atoms. The molecule has 0 fully saturated rings. The molecule has 0 aromatic carbocycles. The van der Waals surface area contributed by atoms with Gasteiger partial charge in [-0.1, -0.05) is 19.0 Å². The van der Waals surface area contributed by atoms with E-state index in [1.54, 1.807) is 12.5 Å². The Hall–Kier alpha value is -1.38. The van der Waals surface area contributed by atoms with Crippen LogP contribution in [0.5, 0.6) is 0 Å². The standard InChI is InChI=1S/C7H6N2O.C2H6/c1-3-8-5-6(1)7-2-4-10-9-7;1-2/h1-4H,5H2;1-2H3. The minimum Gasteiger partial charge on any atom is -0.364 e. The summed E-state index contributed by atoms with van der Waals surface area (Å²) in [5.74, 6) is 0. The largest absolute Gasteiger partial charge is 0.364 e. The highest BCUT2D eigenvalue weighted by Gasteiger charge is 2.05. The van der Waals surface area contributed by atoms with Crippen molar-refractivity contribution in [2.75, 3.05) is 6.54 Å². The first kappa shape index (κ1) is 8.71. The lowest BCUT2D eigenvalue weighted by molar-refractivity contribution is 0.417. The van der Waals surface area contributed by atoms with Crippen molar-refractivity contribution in [1.29, 1.82) is 0 Å². The molecule has 2 rings (SSSR count). The minimum atomic E-state index is 0.729. The van der Waals surface area contributed by atoms with Crippen molar-refractivity contribution in [3.63, 3.8) is 0 Å². The number of hydrogen-bond donors (Lipinski definition) is 0. The van der Waals surface area contributed by atoms with Gasteiger partial charge in [-0.05, 0) is 6.08 Å². The molecule has 0 atom stereocenters. The quantitative estimate of drug-likeness (QED) is 0.638. The average molecular weight is 164 g/mol. The zero-order chi connectivity index (χ0) is 8.81. The van der Waals surface area contributed by atoms with Crippen LogP contribution < -0.4 is 0 Å². The molecule has 0 saturated heterocycles. The van der Waals surface area contributed by atoms with Gasteiger partial charge in [0, 0.05) is 17.9 Å². The van der Waals surface area contributed by atoms with E-state index in [0.29, 0.717) is 0 Å². The first-order valence-corrected chi connectivity index (χ1v) is 4.06. The van der Waals surface area contributed by atoms with Gasteiger partial charge in [0.15, 0.2) is 0 Å². The highest BCUT2D eigenvalue weighted by Crippen LogP contribution is 2.13. The minimum absolute atomic E-state index is 0.729. The van der Waals surface area contributed by atoms with Gasteiger partial charge in [-0.15, -0.1) is 0 Å². The average Bonchev–Trinajstić information content (AvgIpc) is 2.80. The second kappa shape index (κ2) is 4.49. The first-order valence-electron chi connectivity index (χ1n) is 4.06. The van der Waals surface area contributed by atoms with Gasteiger partial charge in [-0.2, -0.15) is 0 Å². The van der Waals surface area contributed by atoms with Gasteiger partial charge >= 0.3 is 0 Å². The molecular weight excluding hydrogens is 152 g/mol. The molecular formula is C9H12N2O. The van der Waals surface area contributed by atoms with E-state index >= 15 is 0 Å².